The van der Waals surface area contributed by atoms with Gasteiger partial charge in [0.15, 0.2) is 6.10 Å². The van der Waals surface area contributed by atoms with Gasteiger partial charge in [0, 0.05) is 0 Å². The van der Waals surface area contributed by atoms with Gasteiger partial charge < -0.3 is 10.2 Å². The van der Waals surface area contributed by atoms with Crippen LogP contribution in [0.15, 0.2) is 11.1 Å². The molecule has 0 aromatic rings. The Morgan fingerprint density at radius 1 is 1.50 bits per heavy atom. The van der Waals surface area contributed by atoms with Crippen molar-refractivity contribution >= 4 is 5.97 Å². The molecule has 2 N–H and O–H groups in total. The molecular formula is C11H18O3. The van der Waals surface area contributed by atoms with E-state index in [1.807, 2.05) is 20.8 Å². The van der Waals surface area contributed by atoms with E-state index in [1.54, 1.807) is 0 Å². The van der Waals surface area contributed by atoms with Crippen molar-refractivity contribution in [2.45, 2.75) is 46.1 Å². The van der Waals surface area contributed by atoms with Crippen LogP contribution in [0.3, 0.4) is 0 Å². The number of carboxylic acid groups (broad SMARTS) is 1. The number of aliphatic hydroxyl groups excluding tert-OH is 1. The summed E-state index contributed by atoms with van der Waals surface area (Å²) in [5.41, 5.74) is 1.56. The lowest BCUT2D eigenvalue weighted by Gasteiger charge is -2.35. The first-order valence-corrected chi connectivity index (χ1v) is 4.97. The average Bonchev–Trinajstić information content (AvgIpc) is 2.01. The van der Waals surface area contributed by atoms with Crippen molar-refractivity contribution < 1.29 is 15.0 Å². The molecule has 1 aliphatic carbocycles. The van der Waals surface area contributed by atoms with Crippen molar-refractivity contribution in [1.82, 2.24) is 0 Å². The van der Waals surface area contributed by atoms with Gasteiger partial charge in [0.2, 0.25) is 0 Å². The Kier molecular flexibility index (Phi) is 3.00. The summed E-state index contributed by atoms with van der Waals surface area (Å²) in [5.74, 6) is -1.14. The second kappa shape index (κ2) is 3.73. The van der Waals surface area contributed by atoms with Gasteiger partial charge in [-0.2, -0.15) is 0 Å². The zero-order valence-electron chi connectivity index (χ0n) is 9.00. The highest BCUT2D eigenvalue weighted by molar-refractivity contribution is 5.76. The second-order valence-corrected chi connectivity index (χ2v) is 4.67. The molecule has 0 fully saturated rings. The fourth-order valence-corrected chi connectivity index (χ4v) is 2.37. The van der Waals surface area contributed by atoms with Gasteiger partial charge in [-0.25, -0.2) is 4.79 Å². The molecule has 0 saturated carbocycles. The summed E-state index contributed by atoms with van der Waals surface area (Å²) in [6, 6.07) is 0. The van der Waals surface area contributed by atoms with Gasteiger partial charge in [-0.3, -0.25) is 0 Å². The highest BCUT2D eigenvalue weighted by atomic mass is 16.4. The minimum absolute atomic E-state index is 0.180. The van der Waals surface area contributed by atoms with E-state index in [9.17, 15) is 9.90 Å². The first-order valence-electron chi connectivity index (χ1n) is 4.97. The van der Waals surface area contributed by atoms with Crippen LogP contribution >= 0.6 is 0 Å². The highest BCUT2D eigenvalue weighted by Crippen LogP contribution is 2.41. The van der Waals surface area contributed by atoms with Gasteiger partial charge in [-0.15, -0.1) is 0 Å². The third-order valence-corrected chi connectivity index (χ3v) is 3.05. The van der Waals surface area contributed by atoms with E-state index in [2.05, 4.69) is 0 Å². The third kappa shape index (κ3) is 1.98. The van der Waals surface area contributed by atoms with E-state index in [1.165, 1.54) is 0 Å². The Morgan fingerprint density at radius 3 is 2.50 bits per heavy atom. The van der Waals surface area contributed by atoms with E-state index in [-0.39, 0.29) is 5.41 Å². The Morgan fingerprint density at radius 2 is 2.07 bits per heavy atom. The van der Waals surface area contributed by atoms with Gasteiger partial charge in [0.25, 0.3) is 0 Å². The molecule has 0 aliphatic heterocycles. The molecule has 1 rings (SSSR count). The summed E-state index contributed by atoms with van der Waals surface area (Å²) < 4.78 is 0. The number of allylic oxidation sites excluding steroid dienone is 1. The SMILES string of the molecule is CC1=C(C(O)C(=O)O)C(C)(C)CCC1. The number of carbonyl (C=O) groups is 1. The van der Waals surface area contributed by atoms with Crippen molar-refractivity contribution in [3.8, 4) is 0 Å². The molecule has 0 amide bonds. The van der Waals surface area contributed by atoms with Gasteiger partial charge in [-0.1, -0.05) is 19.4 Å². The van der Waals surface area contributed by atoms with E-state index in [0.29, 0.717) is 5.57 Å². The first kappa shape index (κ1) is 11.2. The fraction of sp³-hybridized carbons (Fsp3) is 0.727. The number of aliphatic carboxylic acids is 1. The standard InChI is InChI=1S/C11H18O3/c1-7-5-4-6-11(2,3)8(7)9(12)10(13)14/h9,12H,4-6H2,1-3H3,(H,13,14). The normalized spacial score (nSPS) is 23.4. The zero-order valence-corrected chi connectivity index (χ0v) is 9.00. The molecule has 0 radical (unpaired) electrons. The maximum atomic E-state index is 10.7. The summed E-state index contributed by atoms with van der Waals surface area (Å²) >= 11 is 0. The number of rotatable bonds is 2. The van der Waals surface area contributed by atoms with Crippen LogP contribution in [-0.4, -0.2) is 22.3 Å². The number of carboxylic acids is 1. The minimum atomic E-state index is -1.33. The van der Waals surface area contributed by atoms with Crippen molar-refractivity contribution in [3.05, 3.63) is 11.1 Å². The fourth-order valence-electron chi connectivity index (χ4n) is 2.37. The van der Waals surface area contributed by atoms with E-state index in [0.717, 1.165) is 24.8 Å². The van der Waals surface area contributed by atoms with Gasteiger partial charge >= 0.3 is 5.97 Å². The maximum absolute atomic E-state index is 10.7. The predicted octanol–water partition coefficient (Wildman–Crippen LogP) is 1.96. The zero-order chi connectivity index (χ0) is 10.9. The summed E-state index contributed by atoms with van der Waals surface area (Å²) in [6.45, 7) is 5.91. The van der Waals surface area contributed by atoms with Crippen LogP contribution in [0.2, 0.25) is 0 Å². The lowest BCUT2D eigenvalue weighted by Crippen LogP contribution is -2.34. The molecule has 0 heterocycles. The van der Waals surface area contributed by atoms with Crippen molar-refractivity contribution in [2.75, 3.05) is 0 Å². The monoisotopic (exact) mass is 198 g/mol. The van der Waals surface area contributed by atoms with Crippen LogP contribution in [0.4, 0.5) is 0 Å². The molecule has 0 spiro atoms. The Hall–Kier alpha value is -0.830. The third-order valence-electron chi connectivity index (χ3n) is 3.05. The molecular weight excluding hydrogens is 180 g/mol. The number of hydrogen-bond donors (Lipinski definition) is 2. The first-order chi connectivity index (χ1) is 6.36. The minimum Gasteiger partial charge on any atom is -0.479 e. The van der Waals surface area contributed by atoms with Crippen molar-refractivity contribution in [1.29, 1.82) is 0 Å². The van der Waals surface area contributed by atoms with E-state index in [4.69, 9.17) is 5.11 Å². The molecule has 0 saturated heterocycles. The molecule has 1 unspecified atom stereocenters. The molecule has 3 nitrogen and oxygen atoms in total. The van der Waals surface area contributed by atoms with Crippen LogP contribution in [0, 0.1) is 5.41 Å². The quantitative estimate of drug-likeness (QED) is 0.667. The molecule has 0 bridgehead atoms. The van der Waals surface area contributed by atoms with Crippen LogP contribution in [0.25, 0.3) is 0 Å². The largest absolute Gasteiger partial charge is 0.479 e. The van der Waals surface area contributed by atoms with Crippen LogP contribution in [0.5, 0.6) is 0 Å². The molecule has 80 valence electrons. The topological polar surface area (TPSA) is 57.5 Å². The molecule has 0 aromatic heterocycles. The summed E-state index contributed by atoms with van der Waals surface area (Å²) in [5, 5.41) is 18.4. The van der Waals surface area contributed by atoms with Gasteiger partial charge in [0.1, 0.15) is 0 Å². The Bertz CT molecular complexity index is 276. The lowest BCUT2D eigenvalue weighted by atomic mass is 9.70. The van der Waals surface area contributed by atoms with Gasteiger partial charge in [-0.05, 0) is 37.2 Å². The number of aliphatic hydroxyl groups is 1. The van der Waals surface area contributed by atoms with E-state index < -0.39 is 12.1 Å². The lowest BCUT2D eigenvalue weighted by molar-refractivity contribution is -0.145. The van der Waals surface area contributed by atoms with E-state index >= 15 is 0 Å². The molecule has 14 heavy (non-hydrogen) atoms. The van der Waals surface area contributed by atoms with Crippen LogP contribution in [0.1, 0.15) is 40.0 Å². The van der Waals surface area contributed by atoms with Gasteiger partial charge in [0.05, 0.1) is 0 Å². The van der Waals surface area contributed by atoms with Crippen LogP contribution in [-0.2, 0) is 4.79 Å². The average molecular weight is 198 g/mol. The van der Waals surface area contributed by atoms with Crippen molar-refractivity contribution in [2.24, 2.45) is 5.41 Å². The summed E-state index contributed by atoms with van der Waals surface area (Å²) in [6.07, 6.45) is 1.60. The Balaban J connectivity index is 3.07. The molecule has 1 atom stereocenters. The summed E-state index contributed by atoms with van der Waals surface area (Å²) in [4.78, 5) is 10.7. The van der Waals surface area contributed by atoms with Crippen LogP contribution < -0.4 is 0 Å². The van der Waals surface area contributed by atoms with Crippen molar-refractivity contribution in [3.63, 3.8) is 0 Å². The Labute approximate surface area is 84.4 Å². The molecule has 3 heteroatoms. The summed E-state index contributed by atoms with van der Waals surface area (Å²) in [7, 11) is 0. The maximum Gasteiger partial charge on any atom is 0.336 e. The second-order valence-electron chi connectivity index (χ2n) is 4.67. The number of hydrogen-bond acceptors (Lipinski definition) is 2. The molecule has 1 aliphatic rings. The smallest absolute Gasteiger partial charge is 0.336 e. The predicted molar refractivity (Wildman–Crippen MR) is 54.0 cm³/mol. The molecule has 0 aromatic carbocycles. The highest BCUT2D eigenvalue weighted by Gasteiger charge is 2.35.